The highest BCUT2D eigenvalue weighted by Gasteiger charge is 2.15. The molecule has 0 aliphatic rings. The first-order valence-corrected chi connectivity index (χ1v) is 5.89. The number of benzene rings is 1. The molecule has 1 aromatic rings. The second-order valence-electron chi connectivity index (χ2n) is 4.00. The summed E-state index contributed by atoms with van der Waals surface area (Å²) in [6, 6.07) is 2.55. The van der Waals surface area contributed by atoms with Crippen LogP contribution in [0, 0.1) is 6.92 Å². The maximum absolute atomic E-state index is 11.7. The summed E-state index contributed by atoms with van der Waals surface area (Å²) in [5.41, 5.74) is 6.58. The molecule has 0 aromatic heterocycles. The van der Waals surface area contributed by atoms with E-state index in [0.717, 1.165) is 6.42 Å². The van der Waals surface area contributed by atoms with Gasteiger partial charge in [-0.1, -0.05) is 24.9 Å². The Morgan fingerprint density at radius 1 is 1.59 bits per heavy atom. The second kappa shape index (κ2) is 5.89. The molecule has 0 spiro atoms. The zero-order valence-electron chi connectivity index (χ0n) is 9.96. The van der Waals surface area contributed by atoms with E-state index in [1.165, 1.54) is 6.07 Å². The molecule has 1 aromatic carbocycles. The lowest BCUT2D eigenvalue weighted by atomic mass is 10.1. The highest BCUT2D eigenvalue weighted by atomic mass is 35.5. The topological polar surface area (TPSA) is 75.4 Å². The number of anilines is 1. The van der Waals surface area contributed by atoms with Crippen molar-refractivity contribution in [2.24, 2.45) is 5.73 Å². The summed E-state index contributed by atoms with van der Waals surface area (Å²) < 4.78 is 0. The Balaban J connectivity index is 2.85. The van der Waals surface area contributed by atoms with Gasteiger partial charge in [0.2, 0.25) is 5.91 Å². The lowest BCUT2D eigenvalue weighted by Crippen LogP contribution is -2.35. The van der Waals surface area contributed by atoms with E-state index < -0.39 is 6.04 Å². The zero-order valence-corrected chi connectivity index (χ0v) is 10.7. The van der Waals surface area contributed by atoms with Gasteiger partial charge in [-0.05, 0) is 31.0 Å². The van der Waals surface area contributed by atoms with Crippen LogP contribution in [0.2, 0.25) is 5.02 Å². The lowest BCUT2D eigenvalue weighted by Gasteiger charge is -2.13. The number of rotatable bonds is 4. The van der Waals surface area contributed by atoms with Crippen LogP contribution >= 0.6 is 11.6 Å². The molecule has 0 heterocycles. The van der Waals surface area contributed by atoms with Crippen molar-refractivity contribution in [1.29, 1.82) is 0 Å². The Bertz CT molecular complexity index is 421. The van der Waals surface area contributed by atoms with E-state index in [-0.39, 0.29) is 11.7 Å². The second-order valence-corrected chi connectivity index (χ2v) is 4.44. The van der Waals surface area contributed by atoms with Crippen molar-refractivity contribution in [3.8, 4) is 5.75 Å². The van der Waals surface area contributed by atoms with Gasteiger partial charge in [0.1, 0.15) is 5.75 Å². The standard InChI is InChI=1S/C12H17ClN2O2/c1-3-4-9(14)12(17)15-10-6-8(13)5-7(2)11(10)16/h5-6,9,16H,3-4,14H2,1-2H3,(H,15,17). The highest BCUT2D eigenvalue weighted by molar-refractivity contribution is 6.31. The summed E-state index contributed by atoms with van der Waals surface area (Å²) in [6.45, 7) is 3.66. The monoisotopic (exact) mass is 256 g/mol. The van der Waals surface area contributed by atoms with Gasteiger partial charge in [-0.3, -0.25) is 4.79 Å². The van der Waals surface area contributed by atoms with E-state index in [2.05, 4.69) is 5.32 Å². The van der Waals surface area contributed by atoms with Gasteiger partial charge in [-0.25, -0.2) is 0 Å². The number of phenols is 1. The minimum Gasteiger partial charge on any atom is -0.505 e. The number of carbonyl (C=O) groups is 1. The van der Waals surface area contributed by atoms with Gasteiger partial charge in [-0.15, -0.1) is 0 Å². The van der Waals surface area contributed by atoms with Crippen LogP contribution in [0.3, 0.4) is 0 Å². The van der Waals surface area contributed by atoms with Crippen LogP contribution in [0.25, 0.3) is 0 Å². The van der Waals surface area contributed by atoms with Crippen LogP contribution in [-0.2, 0) is 4.79 Å². The van der Waals surface area contributed by atoms with Crippen molar-refractivity contribution in [3.05, 3.63) is 22.7 Å². The van der Waals surface area contributed by atoms with Crippen LogP contribution in [0.5, 0.6) is 5.75 Å². The summed E-state index contributed by atoms with van der Waals surface area (Å²) in [7, 11) is 0. The maximum Gasteiger partial charge on any atom is 0.241 e. The fourth-order valence-corrected chi connectivity index (χ4v) is 1.77. The van der Waals surface area contributed by atoms with Crippen LogP contribution in [0.4, 0.5) is 5.69 Å². The fraction of sp³-hybridized carbons (Fsp3) is 0.417. The largest absolute Gasteiger partial charge is 0.505 e. The van der Waals surface area contributed by atoms with Crippen molar-refractivity contribution in [2.45, 2.75) is 32.7 Å². The zero-order chi connectivity index (χ0) is 13.0. The minimum atomic E-state index is -0.571. The molecule has 0 saturated carbocycles. The molecule has 1 rings (SSSR count). The number of phenolic OH excluding ortho intramolecular Hbond substituents is 1. The number of aromatic hydroxyl groups is 1. The average molecular weight is 257 g/mol. The number of carbonyl (C=O) groups excluding carboxylic acids is 1. The number of hydrogen-bond donors (Lipinski definition) is 3. The SMILES string of the molecule is CCCC(N)C(=O)Nc1cc(Cl)cc(C)c1O. The molecule has 1 amide bonds. The molecule has 4 nitrogen and oxygen atoms in total. The summed E-state index contributed by atoms with van der Waals surface area (Å²) in [6.07, 6.45) is 1.43. The Morgan fingerprint density at radius 3 is 2.82 bits per heavy atom. The Kier molecular flexibility index (Phi) is 4.78. The van der Waals surface area contributed by atoms with Gasteiger partial charge in [0, 0.05) is 5.02 Å². The van der Waals surface area contributed by atoms with Crippen LogP contribution in [0.1, 0.15) is 25.3 Å². The van der Waals surface area contributed by atoms with Gasteiger partial charge < -0.3 is 16.2 Å². The van der Waals surface area contributed by atoms with E-state index >= 15 is 0 Å². The first-order valence-electron chi connectivity index (χ1n) is 5.51. The molecular weight excluding hydrogens is 240 g/mol. The van der Waals surface area contributed by atoms with E-state index in [9.17, 15) is 9.90 Å². The molecular formula is C12H17ClN2O2. The first kappa shape index (κ1) is 13.8. The van der Waals surface area contributed by atoms with Crippen LogP contribution in [-0.4, -0.2) is 17.1 Å². The lowest BCUT2D eigenvalue weighted by molar-refractivity contribution is -0.117. The van der Waals surface area contributed by atoms with E-state index in [4.69, 9.17) is 17.3 Å². The number of nitrogens with two attached hydrogens (primary N) is 1. The molecule has 0 bridgehead atoms. The maximum atomic E-state index is 11.7. The minimum absolute atomic E-state index is 0.0199. The third-order valence-corrected chi connectivity index (χ3v) is 2.68. The molecule has 4 N–H and O–H groups in total. The predicted octanol–water partition coefficient (Wildman–Crippen LogP) is 2.42. The Labute approximate surface area is 106 Å². The summed E-state index contributed by atoms with van der Waals surface area (Å²) >= 11 is 5.85. The summed E-state index contributed by atoms with van der Waals surface area (Å²) in [4.78, 5) is 11.7. The highest BCUT2D eigenvalue weighted by Crippen LogP contribution is 2.30. The summed E-state index contributed by atoms with van der Waals surface area (Å²) in [5, 5.41) is 12.8. The molecule has 17 heavy (non-hydrogen) atoms. The van der Waals surface area contributed by atoms with Gasteiger partial charge in [0.25, 0.3) is 0 Å². The van der Waals surface area contributed by atoms with Crippen LogP contribution in [0.15, 0.2) is 12.1 Å². The molecule has 0 radical (unpaired) electrons. The molecule has 5 heteroatoms. The van der Waals surface area contributed by atoms with Crippen LogP contribution < -0.4 is 11.1 Å². The molecule has 0 aliphatic heterocycles. The van der Waals surface area contributed by atoms with Gasteiger partial charge in [-0.2, -0.15) is 0 Å². The van der Waals surface area contributed by atoms with Gasteiger partial charge in [0.15, 0.2) is 0 Å². The quantitative estimate of drug-likeness (QED) is 0.724. The van der Waals surface area contributed by atoms with Crippen molar-refractivity contribution in [1.82, 2.24) is 0 Å². The third kappa shape index (κ3) is 3.61. The van der Waals surface area contributed by atoms with Gasteiger partial charge >= 0.3 is 0 Å². The molecule has 94 valence electrons. The van der Waals surface area contributed by atoms with Crippen molar-refractivity contribution < 1.29 is 9.90 Å². The molecule has 1 unspecified atom stereocenters. The van der Waals surface area contributed by atoms with Crippen molar-refractivity contribution in [2.75, 3.05) is 5.32 Å². The Hall–Kier alpha value is -1.26. The normalized spacial score (nSPS) is 12.2. The number of halogens is 1. The molecule has 1 atom stereocenters. The predicted molar refractivity (Wildman–Crippen MR) is 69.4 cm³/mol. The van der Waals surface area contributed by atoms with E-state index in [1.807, 2.05) is 6.92 Å². The fourth-order valence-electron chi connectivity index (χ4n) is 1.50. The number of nitrogens with one attached hydrogen (secondary N) is 1. The van der Waals surface area contributed by atoms with E-state index in [0.29, 0.717) is 22.7 Å². The van der Waals surface area contributed by atoms with Crippen molar-refractivity contribution >= 4 is 23.2 Å². The summed E-state index contributed by atoms with van der Waals surface area (Å²) in [5.74, 6) is -0.296. The van der Waals surface area contributed by atoms with E-state index in [1.54, 1.807) is 13.0 Å². The molecule has 0 aliphatic carbocycles. The van der Waals surface area contributed by atoms with Gasteiger partial charge in [0.05, 0.1) is 11.7 Å². The first-order chi connectivity index (χ1) is 7.95. The number of hydrogen-bond acceptors (Lipinski definition) is 3. The average Bonchev–Trinajstić information content (AvgIpc) is 2.25. The number of amides is 1. The smallest absolute Gasteiger partial charge is 0.241 e. The number of aryl methyl sites for hydroxylation is 1. The van der Waals surface area contributed by atoms with Crippen molar-refractivity contribution in [3.63, 3.8) is 0 Å². The molecule has 0 saturated heterocycles. The molecule has 0 fully saturated rings. The Morgan fingerprint density at radius 2 is 2.24 bits per heavy atom. The third-order valence-electron chi connectivity index (χ3n) is 2.46.